The summed E-state index contributed by atoms with van der Waals surface area (Å²) in [5.41, 5.74) is 0.364. The Hall–Kier alpha value is -0.120. The normalized spacial score (nSPS) is 38.9. The van der Waals surface area contributed by atoms with Crippen LogP contribution in [0, 0.1) is 11.3 Å². The highest BCUT2D eigenvalue weighted by molar-refractivity contribution is 4.85. The molecule has 3 nitrogen and oxygen atoms in total. The lowest BCUT2D eigenvalue weighted by atomic mass is 9.73. The van der Waals surface area contributed by atoms with Crippen LogP contribution in [0.1, 0.15) is 78.1 Å². The number of hydrogen-bond donors (Lipinski definition) is 2. The molecule has 0 aromatic rings. The standard InChI is InChI=1S/C18H34O3/c1-18(2)9-7-5-3-4-6-8-14(12-18)17-11-15(20)10-16(13-19)21-17/h14-17,19-20H,3-13H2,1-2H3/t14?,15-,16-,17+/m0/s1. The van der Waals surface area contributed by atoms with Crippen LogP contribution in [0.4, 0.5) is 0 Å². The Kier molecular flexibility index (Phi) is 6.51. The van der Waals surface area contributed by atoms with E-state index < -0.39 is 0 Å². The molecule has 1 heterocycles. The van der Waals surface area contributed by atoms with Crippen molar-refractivity contribution < 1.29 is 14.9 Å². The quantitative estimate of drug-likeness (QED) is 0.818. The molecule has 2 rings (SSSR count). The molecule has 1 saturated heterocycles. The molecule has 2 aliphatic rings. The fourth-order valence-electron chi connectivity index (χ4n) is 4.22. The Morgan fingerprint density at radius 1 is 1.05 bits per heavy atom. The molecule has 0 aromatic carbocycles. The molecule has 1 unspecified atom stereocenters. The minimum absolute atomic E-state index is 0.0314. The van der Waals surface area contributed by atoms with Crippen molar-refractivity contribution in [2.75, 3.05) is 6.61 Å². The summed E-state index contributed by atoms with van der Waals surface area (Å²) in [7, 11) is 0. The van der Waals surface area contributed by atoms with Gasteiger partial charge in [-0.05, 0) is 37.0 Å². The first-order chi connectivity index (χ1) is 10.00. The van der Waals surface area contributed by atoms with Crippen molar-refractivity contribution in [1.82, 2.24) is 0 Å². The first-order valence-corrected chi connectivity index (χ1v) is 8.94. The Balaban J connectivity index is 2.01. The third-order valence-corrected chi connectivity index (χ3v) is 5.38. The SMILES string of the molecule is CC1(C)CCCCCCCC([C@H]2C[C@@H](O)C[C@@H](CO)O2)C1. The largest absolute Gasteiger partial charge is 0.394 e. The van der Waals surface area contributed by atoms with Gasteiger partial charge in [-0.1, -0.05) is 46.0 Å². The van der Waals surface area contributed by atoms with E-state index >= 15 is 0 Å². The molecule has 2 N–H and O–H groups in total. The van der Waals surface area contributed by atoms with Crippen LogP contribution in [0.2, 0.25) is 0 Å². The minimum atomic E-state index is -0.306. The van der Waals surface area contributed by atoms with Gasteiger partial charge in [-0.25, -0.2) is 0 Å². The lowest BCUT2D eigenvalue weighted by molar-refractivity contribution is -0.137. The molecule has 124 valence electrons. The van der Waals surface area contributed by atoms with Crippen LogP contribution in [0.3, 0.4) is 0 Å². The zero-order valence-electron chi connectivity index (χ0n) is 13.9. The second-order valence-electron chi connectivity index (χ2n) is 8.04. The zero-order valence-corrected chi connectivity index (χ0v) is 13.9. The average molecular weight is 298 g/mol. The molecule has 21 heavy (non-hydrogen) atoms. The second kappa shape index (κ2) is 7.94. The summed E-state index contributed by atoms with van der Waals surface area (Å²) >= 11 is 0. The van der Waals surface area contributed by atoms with Gasteiger partial charge >= 0.3 is 0 Å². The van der Waals surface area contributed by atoms with E-state index in [9.17, 15) is 10.2 Å². The maximum atomic E-state index is 10.1. The smallest absolute Gasteiger partial charge is 0.0834 e. The summed E-state index contributed by atoms with van der Waals surface area (Å²) in [6, 6.07) is 0. The summed E-state index contributed by atoms with van der Waals surface area (Å²) < 4.78 is 6.10. The number of ether oxygens (including phenoxy) is 1. The van der Waals surface area contributed by atoms with Crippen molar-refractivity contribution >= 4 is 0 Å². The highest BCUT2D eigenvalue weighted by atomic mass is 16.5. The van der Waals surface area contributed by atoms with E-state index in [2.05, 4.69) is 13.8 Å². The van der Waals surface area contributed by atoms with E-state index in [1.54, 1.807) is 0 Å². The van der Waals surface area contributed by atoms with Crippen LogP contribution in [0.5, 0.6) is 0 Å². The molecule has 3 heteroatoms. The second-order valence-corrected chi connectivity index (χ2v) is 8.04. The van der Waals surface area contributed by atoms with E-state index in [0.29, 0.717) is 17.8 Å². The molecule has 4 atom stereocenters. The number of hydrogen-bond acceptors (Lipinski definition) is 3. The van der Waals surface area contributed by atoms with E-state index in [1.807, 2.05) is 0 Å². The van der Waals surface area contributed by atoms with Gasteiger partial charge in [-0.15, -0.1) is 0 Å². The Bertz CT molecular complexity index is 303. The average Bonchev–Trinajstić information content (AvgIpc) is 2.44. The van der Waals surface area contributed by atoms with Gasteiger partial charge in [0.15, 0.2) is 0 Å². The summed E-state index contributed by atoms with van der Waals surface area (Å²) in [6.07, 6.45) is 11.4. The highest BCUT2D eigenvalue weighted by Crippen LogP contribution is 2.39. The molecule has 1 aliphatic carbocycles. The van der Waals surface area contributed by atoms with Crippen molar-refractivity contribution in [3.63, 3.8) is 0 Å². The zero-order chi connectivity index (χ0) is 15.3. The van der Waals surface area contributed by atoms with Gasteiger partial charge in [0.25, 0.3) is 0 Å². The Labute approximate surface area is 130 Å². The number of rotatable bonds is 2. The van der Waals surface area contributed by atoms with Gasteiger partial charge in [0.1, 0.15) is 0 Å². The van der Waals surface area contributed by atoms with Gasteiger partial charge in [-0.3, -0.25) is 0 Å². The van der Waals surface area contributed by atoms with Crippen LogP contribution in [-0.2, 0) is 4.74 Å². The van der Waals surface area contributed by atoms with E-state index in [-0.39, 0.29) is 24.9 Å². The fraction of sp³-hybridized carbons (Fsp3) is 1.00. The molecule has 0 bridgehead atoms. The third kappa shape index (κ3) is 5.54. The van der Waals surface area contributed by atoms with Crippen molar-refractivity contribution in [1.29, 1.82) is 0 Å². The summed E-state index contributed by atoms with van der Waals surface area (Å²) in [6.45, 7) is 4.79. The monoisotopic (exact) mass is 298 g/mol. The van der Waals surface area contributed by atoms with Gasteiger partial charge in [-0.2, -0.15) is 0 Å². The molecule has 0 radical (unpaired) electrons. The van der Waals surface area contributed by atoms with Crippen LogP contribution in [-0.4, -0.2) is 35.1 Å². The van der Waals surface area contributed by atoms with Crippen LogP contribution in [0.15, 0.2) is 0 Å². The summed E-state index contributed by atoms with van der Waals surface area (Å²) in [5.74, 6) is 0.530. The topological polar surface area (TPSA) is 49.7 Å². The van der Waals surface area contributed by atoms with Gasteiger partial charge in [0.05, 0.1) is 24.9 Å². The maximum absolute atomic E-state index is 10.1. The molecular weight excluding hydrogens is 264 g/mol. The van der Waals surface area contributed by atoms with Crippen molar-refractivity contribution in [2.45, 2.75) is 96.4 Å². The Morgan fingerprint density at radius 3 is 2.52 bits per heavy atom. The molecule has 1 saturated carbocycles. The van der Waals surface area contributed by atoms with Crippen LogP contribution in [0.25, 0.3) is 0 Å². The van der Waals surface area contributed by atoms with Crippen molar-refractivity contribution in [3.8, 4) is 0 Å². The van der Waals surface area contributed by atoms with Crippen molar-refractivity contribution in [2.24, 2.45) is 11.3 Å². The lowest BCUT2D eigenvalue weighted by Crippen LogP contribution is -2.42. The Morgan fingerprint density at radius 2 is 1.76 bits per heavy atom. The molecular formula is C18H34O3. The number of aliphatic hydroxyl groups is 2. The van der Waals surface area contributed by atoms with Crippen LogP contribution >= 0.6 is 0 Å². The van der Waals surface area contributed by atoms with Crippen LogP contribution < -0.4 is 0 Å². The third-order valence-electron chi connectivity index (χ3n) is 5.38. The van der Waals surface area contributed by atoms with Crippen molar-refractivity contribution in [3.05, 3.63) is 0 Å². The summed E-state index contributed by atoms with van der Waals surface area (Å²) in [5, 5.41) is 19.5. The predicted octanol–water partition coefficient (Wildman–Crippen LogP) is 3.66. The van der Waals surface area contributed by atoms with E-state index in [1.165, 1.54) is 51.4 Å². The van der Waals surface area contributed by atoms with Gasteiger partial charge in [0, 0.05) is 6.42 Å². The number of aliphatic hydroxyl groups excluding tert-OH is 2. The summed E-state index contributed by atoms with van der Waals surface area (Å²) in [4.78, 5) is 0. The molecule has 2 fully saturated rings. The molecule has 1 aliphatic heterocycles. The van der Waals surface area contributed by atoms with Gasteiger partial charge < -0.3 is 14.9 Å². The predicted molar refractivity (Wildman–Crippen MR) is 85.2 cm³/mol. The first-order valence-electron chi connectivity index (χ1n) is 8.94. The fourth-order valence-corrected chi connectivity index (χ4v) is 4.22. The maximum Gasteiger partial charge on any atom is 0.0834 e. The first kappa shape index (κ1) is 17.2. The minimum Gasteiger partial charge on any atom is -0.394 e. The van der Waals surface area contributed by atoms with E-state index in [0.717, 1.165) is 6.42 Å². The van der Waals surface area contributed by atoms with E-state index in [4.69, 9.17) is 4.74 Å². The van der Waals surface area contributed by atoms with Gasteiger partial charge in [0.2, 0.25) is 0 Å². The molecule has 0 aromatic heterocycles. The lowest BCUT2D eigenvalue weighted by Gasteiger charge is -2.40. The highest BCUT2D eigenvalue weighted by Gasteiger charge is 2.35. The molecule has 0 spiro atoms. The molecule has 0 amide bonds.